The molecule has 0 saturated carbocycles. The third kappa shape index (κ3) is 16.4. The summed E-state index contributed by atoms with van der Waals surface area (Å²) in [7, 11) is 0. The standard InChI is InChI=1S/C24H45NO2.K/c1-5-9-11-13-15-17-19-22(7-3)25(21-24(26)27)23(8-4)20-18-16-14-12-10-6-2;/h11-14,22-23H,5-10,15-21H2,1-4H3,(H,26,27);/q;+1/p-1/b13-11+,14-12+;. The summed E-state index contributed by atoms with van der Waals surface area (Å²) in [6.45, 7) is 8.81. The number of aliphatic carboxylic acids is 1. The van der Waals surface area contributed by atoms with Gasteiger partial charge < -0.3 is 9.90 Å². The molecule has 0 rings (SSSR count). The zero-order chi connectivity index (χ0) is 20.3. The fraction of sp³-hybridized carbons (Fsp3) is 0.792. The predicted octanol–water partition coefficient (Wildman–Crippen LogP) is 2.65. The Morgan fingerprint density at radius 2 is 1.18 bits per heavy atom. The molecule has 0 aromatic heterocycles. The first-order chi connectivity index (χ1) is 13.1. The second-order valence-corrected chi connectivity index (χ2v) is 7.55. The molecule has 0 radical (unpaired) electrons. The number of carboxylic acid groups (broad SMARTS) is 1. The SMILES string of the molecule is CCC/C=C/CCCC(CC)N(CC(=O)[O-])C(CC)CCC/C=C/CCC.[K+]. The van der Waals surface area contributed by atoms with Gasteiger partial charge in [-0.15, -0.1) is 0 Å². The molecule has 0 aliphatic rings. The molecule has 0 aromatic rings. The second-order valence-electron chi connectivity index (χ2n) is 7.55. The molecule has 0 heterocycles. The predicted molar refractivity (Wildman–Crippen MR) is 116 cm³/mol. The Balaban J connectivity index is 0. The maximum Gasteiger partial charge on any atom is 1.00 e. The van der Waals surface area contributed by atoms with Crippen LogP contribution in [0.15, 0.2) is 24.3 Å². The van der Waals surface area contributed by atoms with Gasteiger partial charge in [0.05, 0.1) is 5.97 Å². The maximum atomic E-state index is 11.4. The van der Waals surface area contributed by atoms with E-state index in [0.717, 1.165) is 64.2 Å². The first-order valence-electron chi connectivity index (χ1n) is 11.4. The number of carbonyl (C=O) groups excluding carboxylic acids is 1. The van der Waals surface area contributed by atoms with Crippen LogP contribution in [0.1, 0.15) is 105 Å². The number of hydrogen-bond donors (Lipinski definition) is 0. The Hall–Kier alpha value is 0.546. The quantitative estimate of drug-likeness (QED) is 0.196. The average molecular weight is 418 g/mol. The molecular weight excluding hydrogens is 373 g/mol. The summed E-state index contributed by atoms with van der Waals surface area (Å²) in [4.78, 5) is 13.6. The summed E-state index contributed by atoms with van der Waals surface area (Å²) >= 11 is 0. The number of unbranched alkanes of at least 4 members (excludes halogenated alkanes) is 4. The summed E-state index contributed by atoms with van der Waals surface area (Å²) < 4.78 is 0. The molecule has 0 N–H and O–H groups in total. The van der Waals surface area contributed by atoms with Crippen LogP contribution in [0.2, 0.25) is 0 Å². The molecule has 158 valence electrons. The van der Waals surface area contributed by atoms with Crippen molar-refractivity contribution in [2.45, 2.75) is 117 Å². The Bertz CT molecular complexity index is 379. The molecule has 3 nitrogen and oxygen atoms in total. The van der Waals surface area contributed by atoms with Crippen molar-refractivity contribution in [2.24, 2.45) is 0 Å². The molecule has 2 unspecified atom stereocenters. The van der Waals surface area contributed by atoms with Gasteiger partial charge in [-0.2, -0.15) is 0 Å². The van der Waals surface area contributed by atoms with Gasteiger partial charge in [0.25, 0.3) is 0 Å². The smallest absolute Gasteiger partial charge is 0.549 e. The third-order valence-electron chi connectivity index (χ3n) is 5.25. The topological polar surface area (TPSA) is 43.4 Å². The first kappa shape index (κ1) is 30.7. The van der Waals surface area contributed by atoms with E-state index < -0.39 is 5.97 Å². The molecule has 0 aliphatic carbocycles. The van der Waals surface area contributed by atoms with Crippen LogP contribution < -0.4 is 56.5 Å². The van der Waals surface area contributed by atoms with E-state index in [1.807, 2.05) is 0 Å². The zero-order valence-electron chi connectivity index (χ0n) is 19.4. The van der Waals surface area contributed by atoms with E-state index in [1.165, 1.54) is 12.8 Å². The van der Waals surface area contributed by atoms with Crippen molar-refractivity contribution in [3.05, 3.63) is 24.3 Å². The second kappa shape index (κ2) is 22.2. The number of hydrogen-bond acceptors (Lipinski definition) is 3. The van der Waals surface area contributed by atoms with E-state index >= 15 is 0 Å². The third-order valence-corrected chi connectivity index (χ3v) is 5.25. The number of carboxylic acids is 1. The van der Waals surface area contributed by atoms with Gasteiger partial charge in [-0.25, -0.2) is 0 Å². The van der Waals surface area contributed by atoms with Gasteiger partial charge in [0, 0.05) is 18.6 Å². The van der Waals surface area contributed by atoms with Gasteiger partial charge in [-0.3, -0.25) is 4.90 Å². The minimum Gasteiger partial charge on any atom is -0.549 e. The summed E-state index contributed by atoms with van der Waals surface area (Å²) in [6, 6.07) is 0.672. The van der Waals surface area contributed by atoms with Crippen molar-refractivity contribution in [3.8, 4) is 0 Å². The Labute approximate surface area is 217 Å². The minimum atomic E-state index is -0.947. The van der Waals surface area contributed by atoms with Gasteiger partial charge >= 0.3 is 51.4 Å². The molecular formula is C24H44KNO2. The van der Waals surface area contributed by atoms with E-state index in [1.54, 1.807) is 0 Å². The molecule has 0 bridgehead atoms. The number of nitrogens with zero attached hydrogens (tertiary/aromatic N) is 1. The van der Waals surface area contributed by atoms with Crippen LogP contribution >= 0.6 is 0 Å². The van der Waals surface area contributed by atoms with Crippen LogP contribution in [-0.4, -0.2) is 29.5 Å². The van der Waals surface area contributed by atoms with Crippen molar-refractivity contribution in [1.82, 2.24) is 4.90 Å². The van der Waals surface area contributed by atoms with E-state index in [-0.39, 0.29) is 57.9 Å². The Morgan fingerprint density at radius 3 is 1.50 bits per heavy atom. The molecule has 4 heteroatoms. The first-order valence-corrected chi connectivity index (χ1v) is 11.4. The number of allylic oxidation sites excluding steroid dienone is 4. The van der Waals surface area contributed by atoms with Gasteiger partial charge in [0.2, 0.25) is 0 Å². The molecule has 0 amide bonds. The molecule has 0 fully saturated rings. The van der Waals surface area contributed by atoms with Crippen molar-refractivity contribution < 1.29 is 61.3 Å². The molecule has 0 aromatic carbocycles. The van der Waals surface area contributed by atoms with Crippen molar-refractivity contribution in [1.29, 1.82) is 0 Å². The van der Waals surface area contributed by atoms with Crippen LogP contribution in [0.25, 0.3) is 0 Å². The fourth-order valence-electron chi connectivity index (χ4n) is 3.66. The molecule has 0 saturated heterocycles. The van der Waals surface area contributed by atoms with Crippen LogP contribution in [0.4, 0.5) is 0 Å². The minimum absolute atomic E-state index is 0. The molecule has 0 spiro atoms. The summed E-state index contributed by atoms with van der Waals surface area (Å²) in [5, 5.41) is 11.4. The van der Waals surface area contributed by atoms with E-state index in [4.69, 9.17) is 0 Å². The number of rotatable bonds is 18. The van der Waals surface area contributed by atoms with Crippen LogP contribution in [0.5, 0.6) is 0 Å². The Kier molecular flexibility index (Phi) is 24.4. The van der Waals surface area contributed by atoms with E-state index in [2.05, 4.69) is 56.9 Å². The van der Waals surface area contributed by atoms with Crippen LogP contribution in [-0.2, 0) is 4.79 Å². The van der Waals surface area contributed by atoms with Gasteiger partial charge in [-0.05, 0) is 64.2 Å². The van der Waals surface area contributed by atoms with Gasteiger partial charge in [0.1, 0.15) is 0 Å². The summed E-state index contributed by atoms with van der Waals surface area (Å²) in [6.07, 6.45) is 22.3. The monoisotopic (exact) mass is 417 g/mol. The van der Waals surface area contributed by atoms with E-state index in [9.17, 15) is 9.90 Å². The van der Waals surface area contributed by atoms with Crippen LogP contribution in [0.3, 0.4) is 0 Å². The van der Waals surface area contributed by atoms with Crippen molar-refractivity contribution in [2.75, 3.05) is 6.54 Å². The average Bonchev–Trinajstić information content (AvgIpc) is 2.65. The normalized spacial score (nSPS) is 13.9. The van der Waals surface area contributed by atoms with E-state index in [0.29, 0.717) is 12.1 Å². The zero-order valence-corrected chi connectivity index (χ0v) is 22.5. The number of carbonyl (C=O) groups is 1. The fourth-order valence-corrected chi connectivity index (χ4v) is 3.66. The molecule has 28 heavy (non-hydrogen) atoms. The van der Waals surface area contributed by atoms with Gasteiger partial charge in [0.15, 0.2) is 0 Å². The Morgan fingerprint density at radius 1 is 0.786 bits per heavy atom. The van der Waals surface area contributed by atoms with Crippen molar-refractivity contribution >= 4 is 5.97 Å². The molecule has 0 aliphatic heterocycles. The largest absolute Gasteiger partial charge is 1.00 e. The maximum absolute atomic E-state index is 11.4. The summed E-state index contributed by atoms with van der Waals surface area (Å²) in [5.74, 6) is -0.947. The van der Waals surface area contributed by atoms with Crippen LogP contribution in [0, 0.1) is 0 Å². The summed E-state index contributed by atoms with van der Waals surface area (Å²) in [5.41, 5.74) is 0. The van der Waals surface area contributed by atoms with Gasteiger partial charge in [-0.1, -0.05) is 64.8 Å². The van der Waals surface area contributed by atoms with Crippen molar-refractivity contribution in [3.63, 3.8) is 0 Å². The molecule has 2 atom stereocenters.